The molecule has 1 heterocycles. The van der Waals surface area contributed by atoms with E-state index in [0.29, 0.717) is 22.9 Å². The van der Waals surface area contributed by atoms with Crippen molar-refractivity contribution in [1.82, 2.24) is 0 Å². The van der Waals surface area contributed by atoms with E-state index < -0.39 is 0 Å². The van der Waals surface area contributed by atoms with Crippen molar-refractivity contribution < 1.29 is 19.1 Å². The number of amides is 2. The lowest BCUT2D eigenvalue weighted by molar-refractivity contribution is -0.118. The molecule has 1 aliphatic heterocycles. The SMILES string of the molecule is COc1ccccc1CC(=O)Nc1cc(C)cc2c1OCC(=O)N2. The first kappa shape index (κ1) is 15.9. The van der Waals surface area contributed by atoms with E-state index in [1.54, 1.807) is 7.11 Å². The molecule has 0 fully saturated rings. The van der Waals surface area contributed by atoms with Crippen molar-refractivity contribution in [3.05, 3.63) is 47.5 Å². The Hall–Kier alpha value is -3.02. The summed E-state index contributed by atoms with van der Waals surface area (Å²) in [5.41, 5.74) is 2.82. The van der Waals surface area contributed by atoms with Gasteiger partial charge in [0.25, 0.3) is 5.91 Å². The van der Waals surface area contributed by atoms with Crippen LogP contribution in [-0.2, 0) is 16.0 Å². The smallest absolute Gasteiger partial charge is 0.262 e. The van der Waals surface area contributed by atoms with Crippen molar-refractivity contribution >= 4 is 23.2 Å². The number of fused-ring (bicyclic) bond motifs is 1. The third kappa shape index (κ3) is 3.32. The molecule has 2 aromatic carbocycles. The number of hydrogen-bond acceptors (Lipinski definition) is 4. The van der Waals surface area contributed by atoms with Crippen LogP contribution in [0.1, 0.15) is 11.1 Å². The molecule has 0 aromatic heterocycles. The molecule has 0 aliphatic carbocycles. The Morgan fingerprint density at radius 1 is 1.33 bits per heavy atom. The zero-order chi connectivity index (χ0) is 17.1. The number of aryl methyl sites for hydroxylation is 1. The molecule has 24 heavy (non-hydrogen) atoms. The molecule has 3 rings (SSSR count). The number of para-hydroxylation sites is 1. The molecule has 6 heteroatoms. The second kappa shape index (κ2) is 6.62. The molecule has 124 valence electrons. The fourth-order valence-corrected chi connectivity index (χ4v) is 2.65. The lowest BCUT2D eigenvalue weighted by Crippen LogP contribution is -2.26. The first-order chi connectivity index (χ1) is 11.6. The molecular weight excluding hydrogens is 308 g/mol. The van der Waals surface area contributed by atoms with E-state index in [2.05, 4.69) is 10.6 Å². The summed E-state index contributed by atoms with van der Waals surface area (Å²) >= 11 is 0. The summed E-state index contributed by atoms with van der Waals surface area (Å²) < 4.78 is 10.7. The maximum Gasteiger partial charge on any atom is 0.262 e. The molecule has 0 atom stereocenters. The minimum absolute atomic E-state index is 0.0640. The number of nitrogens with one attached hydrogen (secondary N) is 2. The quantitative estimate of drug-likeness (QED) is 0.905. The van der Waals surface area contributed by atoms with E-state index in [0.717, 1.165) is 11.1 Å². The van der Waals surface area contributed by atoms with Crippen molar-refractivity contribution in [1.29, 1.82) is 0 Å². The fourth-order valence-electron chi connectivity index (χ4n) is 2.65. The molecular formula is C18H18N2O4. The summed E-state index contributed by atoms with van der Waals surface area (Å²) in [5.74, 6) is 0.753. The summed E-state index contributed by atoms with van der Waals surface area (Å²) in [6, 6.07) is 11.0. The molecule has 0 radical (unpaired) electrons. The average molecular weight is 326 g/mol. The fraction of sp³-hybridized carbons (Fsp3) is 0.222. The van der Waals surface area contributed by atoms with Gasteiger partial charge in [-0.25, -0.2) is 0 Å². The van der Waals surface area contributed by atoms with Crippen LogP contribution in [0.4, 0.5) is 11.4 Å². The summed E-state index contributed by atoms with van der Waals surface area (Å²) in [6.07, 6.45) is 0.180. The Morgan fingerprint density at radius 2 is 2.12 bits per heavy atom. The van der Waals surface area contributed by atoms with Crippen LogP contribution in [0.15, 0.2) is 36.4 Å². The van der Waals surface area contributed by atoms with Crippen molar-refractivity contribution in [2.75, 3.05) is 24.4 Å². The van der Waals surface area contributed by atoms with Crippen molar-refractivity contribution in [2.24, 2.45) is 0 Å². The Labute approximate surface area is 139 Å². The number of anilines is 2. The standard InChI is InChI=1S/C18H18N2O4/c1-11-7-13(18-14(8-11)20-17(22)10-24-18)19-16(21)9-12-5-3-4-6-15(12)23-2/h3-8H,9-10H2,1-2H3,(H,19,21)(H,20,22). The molecule has 0 saturated heterocycles. The van der Waals surface area contributed by atoms with E-state index in [4.69, 9.17) is 9.47 Å². The molecule has 0 unspecified atom stereocenters. The summed E-state index contributed by atoms with van der Waals surface area (Å²) in [6.45, 7) is 1.82. The normalized spacial score (nSPS) is 12.7. The molecule has 6 nitrogen and oxygen atoms in total. The largest absolute Gasteiger partial charge is 0.496 e. The van der Waals surface area contributed by atoms with Crippen LogP contribution in [0.3, 0.4) is 0 Å². The van der Waals surface area contributed by atoms with Gasteiger partial charge in [0.2, 0.25) is 5.91 Å². The van der Waals surface area contributed by atoms with Crippen LogP contribution < -0.4 is 20.1 Å². The minimum atomic E-state index is -0.209. The number of carbonyl (C=O) groups is 2. The highest BCUT2D eigenvalue weighted by molar-refractivity contribution is 6.00. The van der Waals surface area contributed by atoms with Crippen LogP contribution in [0.5, 0.6) is 11.5 Å². The van der Waals surface area contributed by atoms with Gasteiger partial charge in [-0.05, 0) is 30.7 Å². The number of carbonyl (C=O) groups excluding carboxylic acids is 2. The first-order valence-corrected chi connectivity index (χ1v) is 7.56. The minimum Gasteiger partial charge on any atom is -0.496 e. The van der Waals surface area contributed by atoms with Gasteiger partial charge < -0.3 is 20.1 Å². The Morgan fingerprint density at radius 3 is 2.92 bits per heavy atom. The van der Waals surface area contributed by atoms with Crippen LogP contribution >= 0.6 is 0 Å². The molecule has 0 saturated carbocycles. The van der Waals surface area contributed by atoms with Gasteiger partial charge in [0, 0.05) is 5.56 Å². The van der Waals surface area contributed by atoms with E-state index >= 15 is 0 Å². The predicted molar refractivity (Wildman–Crippen MR) is 90.6 cm³/mol. The molecule has 1 aliphatic rings. The maximum absolute atomic E-state index is 12.4. The van der Waals surface area contributed by atoms with Gasteiger partial charge in [0.15, 0.2) is 12.4 Å². The van der Waals surface area contributed by atoms with Crippen LogP contribution in [0, 0.1) is 6.92 Å². The van der Waals surface area contributed by atoms with Crippen molar-refractivity contribution in [3.63, 3.8) is 0 Å². The lowest BCUT2D eigenvalue weighted by Gasteiger charge is -2.21. The second-order valence-corrected chi connectivity index (χ2v) is 5.56. The first-order valence-electron chi connectivity index (χ1n) is 7.56. The highest BCUT2D eigenvalue weighted by atomic mass is 16.5. The number of benzene rings is 2. The Bertz CT molecular complexity index is 802. The Kier molecular flexibility index (Phi) is 4.37. The molecule has 0 bridgehead atoms. The number of rotatable bonds is 4. The Balaban J connectivity index is 1.81. The average Bonchev–Trinajstić information content (AvgIpc) is 2.54. The van der Waals surface area contributed by atoms with Gasteiger partial charge in [-0.1, -0.05) is 18.2 Å². The van der Waals surface area contributed by atoms with Crippen LogP contribution in [0.25, 0.3) is 0 Å². The maximum atomic E-state index is 12.4. The lowest BCUT2D eigenvalue weighted by atomic mass is 10.1. The number of ether oxygens (including phenoxy) is 2. The second-order valence-electron chi connectivity index (χ2n) is 5.56. The third-order valence-electron chi connectivity index (χ3n) is 3.67. The highest BCUT2D eigenvalue weighted by Crippen LogP contribution is 2.37. The van der Waals surface area contributed by atoms with Crippen molar-refractivity contribution in [2.45, 2.75) is 13.3 Å². The summed E-state index contributed by atoms with van der Waals surface area (Å²) in [4.78, 5) is 23.8. The molecule has 2 N–H and O–H groups in total. The third-order valence-corrected chi connectivity index (χ3v) is 3.67. The zero-order valence-electron chi connectivity index (χ0n) is 13.5. The summed E-state index contributed by atoms with van der Waals surface area (Å²) in [7, 11) is 1.57. The molecule has 2 aromatic rings. The number of methoxy groups -OCH3 is 1. The van der Waals surface area contributed by atoms with Gasteiger partial charge in [-0.2, -0.15) is 0 Å². The topological polar surface area (TPSA) is 76.7 Å². The molecule has 0 spiro atoms. The predicted octanol–water partition coefficient (Wildman–Crippen LogP) is 2.52. The van der Waals surface area contributed by atoms with Crippen LogP contribution in [-0.4, -0.2) is 25.5 Å². The monoisotopic (exact) mass is 326 g/mol. The van der Waals surface area contributed by atoms with E-state index in [1.807, 2.05) is 43.3 Å². The van der Waals surface area contributed by atoms with Crippen molar-refractivity contribution in [3.8, 4) is 11.5 Å². The van der Waals surface area contributed by atoms with Crippen LogP contribution in [0.2, 0.25) is 0 Å². The van der Waals surface area contributed by atoms with E-state index in [9.17, 15) is 9.59 Å². The highest BCUT2D eigenvalue weighted by Gasteiger charge is 2.21. The van der Waals surface area contributed by atoms with Gasteiger partial charge in [-0.3, -0.25) is 9.59 Å². The van der Waals surface area contributed by atoms with Gasteiger partial charge in [0.1, 0.15) is 5.75 Å². The summed E-state index contributed by atoms with van der Waals surface area (Å²) in [5, 5.41) is 5.60. The van der Waals surface area contributed by atoms with Gasteiger partial charge in [-0.15, -0.1) is 0 Å². The zero-order valence-corrected chi connectivity index (χ0v) is 13.5. The molecule has 2 amide bonds. The number of hydrogen-bond donors (Lipinski definition) is 2. The van der Waals surface area contributed by atoms with Gasteiger partial charge in [0.05, 0.1) is 24.9 Å². The van der Waals surface area contributed by atoms with E-state index in [-0.39, 0.29) is 24.8 Å². The van der Waals surface area contributed by atoms with E-state index in [1.165, 1.54) is 0 Å². The van der Waals surface area contributed by atoms with Gasteiger partial charge >= 0.3 is 0 Å².